The van der Waals surface area contributed by atoms with Gasteiger partial charge in [-0.1, -0.05) is 51.1 Å². The smallest absolute Gasteiger partial charge is 0.416 e. The van der Waals surface area contributed by atoms with Gasteiger partial charge >= 0.3 is 6.18 Å². The van der Waals surface area contributed by atoms with Gasteiger partial charge in [-0.15, -0.1) is 0 Å². The fraction of sp³-hybridized carbons (Fsp3) is 0.435. The number of rotatable bonds is 10. The molecule has 2 nitrogen and oxygen atoms in total. The Morgan fingerprint density at radius 3 is 2.18 bits per heavy atom. The summed E-state index contributed by atoms with van der Waals surface area (Å²) in [6.07, 6.45) is -2.73. The quantitative estimate of drug-likeness (QED) is 0.447. The third-order valence-corrected chi connectivity index (χ3v) is 4.88. The number of ether oxygens (including phenoxy) is 1. The number of nitrogens with zero attached hydrogens (tertiary/aromatic N) is 1. The molecule has 0 saturated carbocycles. The first-order valence-corrected chi connectivity index (χ1v) is 9.88. The number of hydrogen-bond donors (Lipinski definition) is 0. The molecule has 0 aromatic heterocycles. The topological polar surface area (TPSA) is 12.5 Å². The van der Waals surface area contributed by atoms with Crippen LogP contribution in [-0.4, -0.2) is 31.1 Å². The third-order valence-electron chi connectivity index (χ3n) is 4.88. The third kappa shape index (κ3) is 6.26. The summed E-state index contributed by atoms with van der Waals surface area (Å²) in [6.45, 7) is 9.98. The van der Waals surface area contributed by atoms with Gasteiger partial charge < -0.3 is 9.64 Å². The maximum atomic E-state index is 13.0. The Bertz CT molecular complexity index is 709. The van der Waals surface area contributed by atoms with Crippen molar-refractivity contribution < 1.29 is 17.9 Å². The first kappa shape index (κ1) is 22.3. The van der Waals surface area contributed by atoms with E-state index < -0.39 is 11.7 Å². The highest BCUT2D eigenvalue weighted by atomic mass is 19.4. The Kier molecular flexibility index (Phi) is 8.36. The molecule has 0 aliphatic heterocycles. The van der Waals surface area contributed by atoms with Crippen molar-refractivity contribution >= 4 is 0 Å². The first-order chi connectivity index (χ1) is 13.4. The van der Waals surface area contributed by atoms with Gasteiger partial charge in [0.2, 0.25) is 0 Å². The molecule has 2 rings (SSSR count). The first-order valence-electron chi connectivity index (χ1n) is 9.88. The molecule has 0 bridgehead atoms. The van der Waals surface area contributed by atoms with E-state index in [1.54, 1.807) is 6.07 Å². The summed E-state index contributed by atoms with van der Waals surface area (Å²) in [7, 11) is 0. The predicted molar refractivity (Wildman–Crippen MR) is 108 cm³/mol. The van der Waals surface area contributed by atoms with E-state index >= 15 is 0 Å². The Balaban J connectivity index is 2.01. The van der Waals surface area contributed by atoms with Gasteiger partial charge in [-0.25, -0.2) is 0 Å². The molecule has 0 aliphatic carbocycles. The number of benzene rings is 2. The van der Waals surface area contributed by atoms with Gasteiger partial charge in [-0.3, -0.25) is 0 Å². The molecule has 0 N–H and O–H groups in total. The van der Waals surface area contributed by atoms with Crippen LogP contribution in [-0.2, 0) is 6.18 Å². The van der Waals surface area contributed by atoms with Crippen LogP contribution >= 0.6 is 0 Å². The van der Waals surface area contributed by atoms with Crippen LogP contribution in [0.5, 0.6) is 5.75 Å². The molecule has 2 aromatic rings. The van der Waals surface area contributed by atoms with Crippen LogP contribution in [0.3, 0.4) is 0 Å². The van der Waals surface area contributed by atoms with Crippen molar-refractivity contribution in [3.63, 3.8) is 0 Å². The zero-order valence-electron chi connectivity index (χ0n) is 16.9. The summed E-state index contributed by atoms with van der Waals surface area (Å²) < 4.78 is 44.8. The van der Waals surface area contributed by atoms with E-state index in [2.05, 4.69) is 18.7 Å². The van der Waals surface area contributed by atoms with E-state index in [9.17, 15) is 13.2 Å². The monoisotopic (exact) mass is 392 g/mol. The van der Waals surface area contributed by atoms with E-state index in [-0.39, 0.29) is 0 Å². The Morgan fingerprint density at radius 2 is 1.61 bits per heavy atom. The molecule has 0 atom stereocenters. The second-order valence-corrected chi connectivity index (χ2v) is 6.66. The Morgan fingerprint density at radius 1 is 0.929 bits per heavy atom. The molecule has 153 valence electrons. The SMILES string of the molecule is CC[C](c1ccc(OCCCN(CC)CC)cc1)c1cccc(C(F)(F)F)c1. The van der Waals surface area contributed by atoms with Gasteiger partial charge in [-0.2, -0.15) is 13.2 Å². The van der Waals surface area contributed by atoms with Crippen molar-refractivity contribution in [2.45, 2.75) is 39.8 Å². The van der Waals surface area contributed by atoms with Crippen LogP contribution in [0.1, 0.15) is 50.3 Å². The summed E-state index contributed by atoms with van der Waals surface area (Å²) >= 11 is 0. The van der Waals surface area contributed by atoms with Crippen LogP contribution in [0.2, 0.25) is 0 Å². The molecule has 0 amide bonds. The molecule has 28 heavy (non-hydrogen) atoms. The lowest BCUT2D eigenvalue weighted by molar-refractivity contribution is -0.137. The summed E-state index contributed by atoms with van der Waals surface area (Å²) in [5.41, 5.74) is 0.895. The molecule has 0 fully saturated rings. The molecule has 0 spiro atoms. The molecule has 1 radical (unpaired) electrons. The molecular weight excluding hydrogens is 363 g/mol. The van der Waals surface area contributed by atoms with Gasteiger partial charge in [-0.05, 0) is 55.3 Å². The zero-order chi connectivity index (χ0) is 20.6. The van der Waals surface area contributed by atoms with E-state index in [1.165, 1.54) is 12.1 Å². The van der Waals surface area contributed by atoms with Crippen molar-refractivity contribution in [2.24, 2.45) is 0 Å². The lowest BCUT2D eigenvalue weighted by Gasteiger charge is -2.18. The zero-order valence-corrected chi connectivity index (χ0v) is 16.9. The van der Waals surface area contributed by atoms with Gasteiger partial charge in [0.25, 0.3) is 0 Å². The minimum atomic E-state index is -4.34. The average Bonchev–Trinajstić information content (AvgIpc) is 2.69. The van der Waals surface area contributed by atoms with Crippen molar-refractivity contribution in [2.75, 3.05) is 26.2 Å². The molecule has 0 saturated heterocycles. The molecule has 5 heteroatoms. The van der Waals surface area contributed by atoms with E-state index in [0.717, 1.165) is 49.4 Å². The van der Waals surface area contributed by atoms with Crippen LogP contribution in [0, 0.1) is 5.92 Å². The van der Waals surface area contributed by atoms with Crippen molar-refractivity contribution in [1.82, 2.24) is 4.90 Å². The fourth-order valence-corrected chi connectivity index (χ4v) is 3.23. The standard InChI is InChI=1S/C23H29F3NO/c1-4-22(19-9-7-10-20(17-19)23(24,25)26)18-11-13-21(14-12-18)28-16-8-15-27(5-2)6-3/h7,9-14,17H,4-6,8,15-16H2,1-3H3. The lowest BCUT2D eigenvalue weighted by Crippen LogP contribution is -2.25. The van der Waals surface area contributed by atoms with E-state index in [0.29, 0.717) is 18.6 Å². The van der Waals surface area contributed by atoms with Crippen molar-refractivity contribution in [3.8, 4) is 5.75 Å². The number of alkyl halides is 3. The van der Waals surface area contributed by atoms with Crippen LogP contribution in [0.25, 0.3) is 0 Å². The van der Waals surface area contributed by atoms with Gasteiger partial charge in [0.05, 0.1) is 12.2 Å². The van der Waals surface area contributed by atoms with E-state index in [4.69, 9.17) is 4.74 Å². The second-order valence-electron chi connectivity index (χ2n) is 6.66. The van der Waals surface area contributed by atoms with Gasteiger partial charge in [0.1, 0.15) is 5.75 Å². The molecular formula is C23H29F3NO. The van der Waals surface area contributed by atoms with Crippen LogP contribution < -0.4 is 4.74 Å². The summed E-state index contributed by atoms with van der Waals surface area (Å²) in [5, 5.41) is 0. The summed E-state index contributed by atoms with van der Waals surface area (Å²) in [5.74, 6) is 1.67. The largest absolute Gasteiger partial charge is 0.494 e. The number of hydrogen-bond acceptors (Lipinski definition) is 2. The van der Waals surface area contributed by atoms with E-state index in [1.807, 2.05) is 31.2 Å². The predicted octanol–water partition coefficient (Wildman–Crippen LogP) is 6.20. The van der Waals surface area contributed by atoms with Crippen LogP contribution in [0.4, 0.5) is 13.2 Å². The fourth-order valence-electron chi connectivity index (χ4n) is 3.23. The molecule has 2 aromatic carbocycles. The second kappa shape index (κ2) is 10.5. The highest BCUT2D eigenvalue weighted by Gasteiger charge is 2.31. The molecule has 0 heterocycles. The average molecular weight is 392 g/mol. The summed E-state index contributed by atoms with van der Waals surface area (Å²) in [6, 6.07) is 13.1. The lowest BCUT2D eigenvalue weighted by atomic mass is 9.88. The highest BCUT2D eigenvalue weighted by molar-refractivity contribution is 5.48. The van der Waals surface area contributed by atoms with Gasteiger partial charge in [0, 0.05) is 12.5 Å². The summed E-state index contributed by atoms with van der Waals surface area (Å²) in [4.78, 5) is 2.35. The maximum absolute atomic E-state index is 13.0. The van der Waals surface area contributed by atoms with Crippen molar-refractivity contribution in [3.05, 3.63) is 71.1 Å². The van der Waals surface area contributed by atoms with Gasteiger partial charge in [0.15, 0.2) is 0 Å². The minimum Gasteiger partial charge on any atom is -0.494 e. The normalized spacial score (nSPS) is 12.0. The van der Waals surface area contributed by atoms with Crippen LogP contribution in [0.15, 0.2) is 48.5 Å². The Labute approximate surface area is 166 Å². The minimum absolute atomic E-state index is 0.602. The molecule has 0 aliphatic rings. The van der Waals surface area contributed by atoms with Crippen molar-refractivity contribution in [1.29, 1.82) is 0 Å². The maximum Gasteiger partial charge on any atom is 0.416 e. The Hall–Kier alpha value is -2.01. The highest BCUT2D eigenvalue weighted by Crippen LogP contribution is 2.34. The molecule has 0 unspecified atom stereocenters. The number of halogens is 3.